The Morgan fingerprint density at radius 1 is 1.22 bits per heavy atom. The molecule has 3 heterocycles. The van der Waals surface area contributed by atoms with Crippen LogP contribution < -0.4 is 10.6 Å². The van der Waals surface area contributed by atoms with E-state index in [0.29, 0.717) is 23.6 Å². The predicted octanol–water partition coefficient (Wildman–Crippen LogP) is 3.57. The third-order valence-electron chi connectivity index (χ3n) is 4.07. The highest BCUT2D eigenvalue weighted by atomic mass is 32.1. The second-order valence-electron chi connectivity index (χ2n) is 5.83. The molecule has 0 aliphatic carbocycles. The SMILES string of the molecule is CNc1ncc(-c2nc(C(=O)NCc3ccc(F)cc3)c3ccccn23)s1. The van der Waals surface area contributed by atoms with Crippen LogP contribution in [0.3, 0.4) is 0 Å². The van der Waals surface area contributed by atoms with E-state index in [9.17, 15) is 9.18 Å². The average Bonchev–Trinajstić information content (AvgIpc) is 3.32. The number of benzene rings is 1. The van der Waals surface area contributed by atoms with E-state index in [-0.39, 0.29) is 11.7 Å². The van der Waals surface area contributed by atoms with Gasteiger partial charge in [0.15, 0.2) is 16.6 Å². The molecule has 1 amide bonds. The van der Waals surface area contributed by atoms with Crippen molar-refractivity contribution in [3.8, 4) is 10.7 Å². The fourth-order valence-electron chi connectivity index (χ4n) is 2.74. The molecule has 0 unspecified atom stereocenters. The van der Waals surface area contributed by atoms with Crippen molar-refractivity contribution in [1.82, 2.24) is 19.7 Å². The fraction of sp³-hybridized carbons (Fsp3) is 0.105. The highest BCUT2D eigenvalue weighted by molar-refractivity contribution is 7.18. The van der Waals surface area contributed by atoms with Gasteiger partial charge in [-0.3, -0.25) is 9.20 Å². The number of carbonyl (C=O) groups is 1. The van der Waals surface area contributed by atoms with Crippen molar-refractivity contribution in [2.45, 2.75) is 6.54 Å². The molecule has 0 atom stereocenters. The summed E-state index contributed by atoms with van der Waals surface area (Å²) in [4.78, 5) is 22.4. The van der Waals surface area contributed by atoms with Crippen molar-refractivity contribution in [1.29, 1.82) is 0 Å². The first kappa shape index (κ1) is 17.2. The van der Waals surface area contributed by atoms with Gasteiger partial charge in [-0.1, -0.05) is 29.5 Å². The molecule has 1 aromatic carbocycles. The molecule has 8 heteroatoms. The molecular weight excluding hydrogens is 365 g/mol. The molecule has 6 nitrogen and oxygen atoms in total. The Kier molecular flexibility index (Phi) is 4.55. The molecule has 27 heavy (non-hydrogen) atoms. The molecule has 136 valence electrons. The number of nitrogens with zero attached hydrogens (tertiary/aromatic N) is 3. The van der Waals surface area contributed by atoms with Gasteiger partial charge in [0.2, 0.25) is 0 Å². The van der Waals surface area contributed by atoms with E-state index in [2.05, 4.69) is 20.6 Å². The Labute approximate surface area is 158 Å². The number of aromatic nitrogens is 3. The lowest BCUT2D eigenvalue weighted by Crippen LogP contribution is -2.23. The van der Waals surface area contributed by atoms with E-state index >= 15 is 0 Å². The van der Waals surface area contributed by atoms with Gasteiger partial charge in [0.1, 0.15) is 5.82 Å². The molecule has 0 aliphatic heterocycles. The largest absolute Gasteiger partial charge is 0.365 e. The van der Waals surface area contributed by atoms with Crippen LogP contribution in [0.25, 0.3) is 16.2 Å². The lowest BCUT2D eigenvalue weighted by atomic mass is 10.2. The van der Waals surface area contributed by atoms with Gasteiger partial charge in [0, 0.05) is 19.8 Å². The molecule has 0 saturated carbocycles. The van der Waals surface area contributed by atoms with Gasteiger partial charge in [0.25, 0.3) is 5.91 Å². The number of fused-ring (bicyclic) bond motifs is 1. The maximum atomic E-state index is 13.0. The second kappa shape index (κ2) is 7.16. The number of hydrogen-bond donors (Lipinski definition) is 2. The zero-order valence-electron chi connectivity index (χ0n) is 14.4. The Hall–Kier alpha value is -3.26. The number of amides is 1. The molecule has 0 radical (unpaired) electrons. The molecule has 2 N–H and O–H groups in total. The third-order valence-corrected chi connectivity index (χ3v) is 5.08. The van der Waals surface area contributed by atoms with E-state index < -0.39 is 0 Å². The average molecular weight is 381 g/mol. The van der Waals surface area contributed by atoms with E-state index in [1.165, 1.54) is 23.5 Å². The maximum Gasteiger partial charge on any atom is 0.272 e. The lowest BCUT2D eigenvalue weighted by molar-refractivity contribution is 0.0948. The zero-order valence-corrected chi connectivity index (χ0v) is 15.3. The topological polar surface area (TPSA) is 71.3 Å². The summed E-state index contributed by atoms with van der Waals surface area (Å²) in [5.74, 6) is 0.0736. The van der Waals surface area contributed by atoms with E-state index in [1.54, 1.807) is 25.4 Å². The maximum absolute atomic E-state index is 13.0. The first-order valence-corrected chi connectivity index (χ1v) is 9.11. The summed E-state index contributed by atoms with van der Waals surface area (Å²) >= 11 is 1.46. The summed E-state index contributed by atoms with van der Waals surface area (Å²) in [6.07, 6.45) is 3.60. The highest BCUT2D eigenvalue weighted by Crippen LogP contribution is 2.29. The van der Waals surface area contributed by atoms with Crippen molar-refractivity contribution >= 4 is 27.9 Å². The molecule has 0 saturated heterocycles. The number of rotatable bonds is 5. The standard InChI is InChI=1S/C19H16FN5OS/c1-21-19-23-11-15(27-19)17-24-16(14-4-2-3-9-25(14)17)18(26)22-10-12-5-7-13(20)8-6-12/h2-9,11H,10H2,1H3,(H,21,23)(H,22,26). The summed E-state index contributed by atoms with van der Waals surface area (Å²) in [6, 6.07) is 11.6. The van der Waals surface area contributed by atoms with Crippen LogP contribution in [0.1, 0.15) is 16.1 Å². The van der Waals surface area contributed by atoms with Gasteiger partial charge in [-0.05, 0) is 29.8 Å². The monoisotopic (exact) mass is 381 g/mol. The van der Waals surface area contributed by atoms with Crippen LogP contribution in [0.5, 0.6) is 0 Å². The second-order valence-corrected chi connectivity index (χ2v) is 6.86. The number of halogens is 1. The fourth-order valence-corrected chi connectivity index (χ4v) is 3.50. The van der Waals surface area contributed by atoms with E-state index in [4.69, 9.17) is 0 Å². The molecule has 0 aliphatic rings. The number of nitrogens with one attached hydrogen (secondary N) is 2. The summed E-state index contributed by atoms with van der Waals surface area (Å²) in [6.45, 7) is 0.296. The molecule has 4 rings (SSSR count). The Bertz CT molecular complexity index is 1100. The number of anilines is 1. The number of pyridine rings is 1. The predicted molar refractivity (Wildman–Crippen MR) is 103 cm³/mol. The Morgan fingerprint density at radius 2 is 2.04 bits per heavy atom. The van der Waals surface area contributed by atoms with Gasteiger partial charge >= 0.3 is 0 Å². The number of hydrogen-bond acceptors (Lipinski definition) is 5. The van der Waals surface area contributed by atoms with Crippen LogP contribution in [0.15, 0.2) is 54.9 Å². The highest BCUT2D eigenvalue weighted by Gasteiger charge is 2.19. The van der Waals surface area contributed by atoms with Gasteiger partial charge in [0.05, 0.1) is 16.6 Å². The normalized spacial score (nSPS) is 10.9. The Morgan fingerprint density at radius 3 is 2.78 bits per heavy atom. The number of carbonyl (C=O) groups excluding carboxylic acids is 1. The van der Waals surface area contributed by atoms with E-state index in [0.717, 1.165) is 15.6 Å². The molecular formula is C19H16FN5OS. The minimum atomic E-state index is -0.305. The van der Waals surface area contributed by atoms with Crippen molar-refractivity contribution in [2.75, 3.05) is 12.4 Å². The van der Waals surface area contributed by atoms with Gasteiger partial charge < -0.3 is 10.6 Å². The lowest BCUT2D eigenvalue weighted by Gasteiger charge is -2.04. The first-order chi connectivity index (χ1) is 13.2. The minimum absolute atomic E-state index is 0.285. The van der Waals surface area contributed by atoms with Crippen LogP contribution in [-0.2, 0) is 6.54 Å². The number of imidazole rings is 1. The van der Waals surface area contributed by atoms with Crippen molar-refractivity contribution in [3.63, 3.8) is 0 Å². The van der Waals surface area contributed by atoms with E-state index in [1.807, 2.05) is 28.8 Å². The summed E-state index contributed by atoms with van der Waals surface area (Å²) in [5.41, 5.74) is 1.87. The smallest absolute Gasteiger partial charge is 0.272 e. The van der Waals surface area contributed by atoms with Crippen molar-refractivity contribution in [2.24, 2.45) is 0 Å². The summed E-state index contributed by atoms with van der Waals surface area (Å²) < 4.78 is 14.9. The Balaban J connectivity index is 1.65. The van der Waals surface area contributed by atoms with Crippen LogP contribution in [0.2, 0.25) is 0 Å². The van der Waals surface area contributed by atoms with Crippen LogP contribution >= 0.6 is 11.3 Å². The van der Waals surface area contributed by atoms with Gasteiger partial charge in [-0.15, -0.1) is 0 Å². The molecule has 4 aromatic rings. The van der Waals surface area contributed by atoms with Crippen LogP contribution in [0, 0.1) is 5.82 Å². The summed E-state index contributed by atoms with van der Waals surface area (Å²) in [7, 11) is 1.81. The quantitative estimate of drug-likeness (QED) is 0.554. The minimum Gasteiger partial charge on any atom is -0.365 e. The molecule has 0 fully saturated rings. The molecule has 0 spiro atoms. The molecule has 3 aromatic heterocycles. The number of thiazole rings is 1. The zero-order chi connectivity index (χ0) is 18.8. The van der Waals surface area contributed by atoms with Crippen molar-refractivity contribution in [3.05, 3.63) is 71.9 Å². The molecule has 0 bridgehead atoms. The van der Waals surface area contributed by atoms with Crippen molar-refractivity contribution < 1.29 is 9.18 Å². The van der Waals surface area contributed by atoms with Gasteiger partial charge in [-0.2, -0.15) is 0 Å². The first-order valence-electron chi connectivity index (χ1n) is 8.29. The van der Waals surface area contributed by atoms with Gasteiger partial charge in [-0.25, -0.2) is 14.4 Å². The summed E-state index contributed by atoms with van der Waals surface area (Å²) in [5, 5.41) is 6.63. The van der Waals surface area contributed by atoms with Crippen LogP contribution in [0.4, 0.5) is 9.52 Å². The third kappa shape index (κ3) is 3.39. The van der Waals surface area contributed by atoms with Crippen LogP contribution in [-0.4, -0.2) is 27.3 Å².